The molecule has 4 rings (SSSR count). The van der Waals surface area contributed by atoms with Gasteiger partial charge in [0.2, 0.25) is 5.88 Å². The van der Waals surface area contributed by atoms with Crippen molar-refractivity contribution in [2.24, 2.45) is 0 Å². The van der Waals surface area contributed by atoms with Crippen molar-refractivity contribution in [2.45, 2.75) is 57.5 Å². The van der Waals surface area contributed by atoms with E-state index in [1.807, 2.05) is 4.90 Å². The fourth-order valence-corrected chi connectivity index (χ4v) is 4.60. The molecule has 7 nitrogen and oxygen atoms in total. The minimum absolute atomic E-state index is 0.0655. The quantitative estimate of drug-likeness (QED) is 0.379. The number of halogens is 4. The molecule has 0 unspecified atom stereocenters. The van der Waals surface area contributed by atoms with Crippen LogP contribution in [0.2, 0.25) is 0 Å². The van der Waals surface area contributed by atoms with Gasteiger partial charge in [0.1, 0.15) is 11.4 Å². The van der Waals surface area contributed by atoms with Crippen LogP contribution in [0.25, 0.3) is 0 Å². The molecule has 2 aliphatic rings. The van der Waals surface area contributed by atoms with Gasteiger partial charge in [0, 0.05) is 44.3 Å². The Labute approximate surface area is 208 Å². The molecule has 36 heavy (non-hydrogen) atoms. The zero-order valence-corrected chi connectivity index (χ0v) is 20.4. The highest BCUT2D eigenvalue weighted by Gasteiger charge is 2.42. The number of hydrogen-bond donors (Lipinski definition) is 3. The molecule has 1 aliphatic carbocycles. The first-order chi connectivity index (χ1) is 17.2. The molecule has 1 aromatic heterocycles. The highest BCUT2D eigenvalue weighted by molar-refractivity contribution is 5.65. The zero-order chi connectivity index (χ0) is 25.9. The van der Waals surface area contributed by atoms with Crippen molar-refractivity contribution >= 4 is 11.4 Å². The molecule has 3 N–H and O–H groups in total. The fraction of sp³-hybridized carbons (Fsp3) is 0.600. The maximum atomic E-state index is 13.3. The average molecular weight is 515 g/mol. The summed E-state index contributed by atoms with van der Waals surface area (Å²) in [6.45, 7) is 4.34. The summed E-state index contributed by atoms with van der Waals surface area (Å²) in [5.41, 5.74) is 1.87. The lowest BCUT2D eigenvalue weighted by molar-refractivity contribution is -0.148. The molecular weight excluding hydrogens is 480 g/mol. The second-order valence-corrected chi connectivity index (χ2v) is 9.57. The maximum absolute atomic E-state index is 13.3. The molecule has 0 amide bonds. The third-order valence-electron chi connectivity index (χ3n) is 7.07. The first-order valence-electron chi connectivity index (χ1n) is 12.4. The van der Waals surface area contributed by atoms with Crippen LogP contribution in [0, 0.1) is 6.92 Å². The molecular formula is C25H34F4N4O3. The number of hydrogen-bond acceptors (Lipinski definition) is 6. The Morgan fingerprint density at radius 2 is 1.75 bits per heavy atom. The lowest BCUT2D eigenvalue weighted by Crippen LogP contribution is -2.47. The summed E-state index contributed by atoms with van der Waals surface area (Å²) in [6.07, 6.45) is 0.245. The van der Waals surface area contributed by atoms with Gasteiger partial charge < -0.3 is 25.2 Å². The monoisotopic (exact) mass is 514 g/mol. The summed E-state index contributed by atoms with van der Waals surface area (Å²) in [5, 5.41) is 24.4. The van der Waals surface area contributed by atoms with E-state index in [1.54, 1.807) is 25.1 Å². The molecule has 0 radical (unpaired) electrons. The van der Waals surface area contributed by atoms with E-state index in [1.165, 1.54) is 17.1 Å². The Morgan fingerprint density at radius 3 is 2.39 bits per heavy atom. The number of nitrogens with one attached hydrogen (secondary N) is 1. The Balaban J connectivity index is 1.27. The predicted molar refractivity (Wildman–Crippen MR) is 130 cm³/mol. The summed E-state index contributed by atoms with van der Waals surface area (Å²) in [4.78, 5) is 4.25. The van der Waals surface area contributed by atoms with Crippen LogP contribution in [0.5, 0.6) is 17.5 Å². The van der Waals surface area contributed by atoms with E-state index in [9.17, 15) is 27.8 Å². The number of aromatic hydroxyl groups is 2. The minimum Gasteiger partial charge on any atom is -0.494 e. The van der Waals surface area contributed by atoms with Crippen LogP contribution in [-0.4, -0.2) is 77.4 Å². The Morgan fingerprint density at radius 1 is 1.06 bits per heavy atom. The number of rotatable bonds is 11. The van der Waals surface area contributed by atoms with Crippen LogP contribution in [0.15, 0.2) is 24.3 Å². The normalized spacial score (nSPS) is 17.4. The molecule has 2 aromatic rings. The molecule has 2 fully saturated rings. The first kappa shape index (κ1) is 26.2. The zero-order valence-electron chi connectivity index (χ0n) is 20.4. The number of alkyl halides is 4. The number of piperazine rings is 1. The van der Waals surface area contributed by atoms with Crippen LogP contribution in [0.4, 0.5) is 28.9 Å². The summed E-state index contributed by atoms with van der Waals surface area (Å²) in [7, 11) is 0. The number of anilines is 2. The molecule has 0 atom stereocenters. The van der Waals surface area contributed by atoms with Crippen molar-refractivity contribution in [3.05, 3.63) is 29.8 Å². The molecule has 11 heteroatoms. The lowest BCUT2D eigenvalue weighted by Gasteiger charge is -2.36. The van der Waals surface area contributed by atoms with Gasteiger partial charge in [0.05, 0.1) is 5.69 Å². The molecule has 1 saturated carbocycles. The summed E-state index contributed by atoms with van der Waals surface area (Å²) in [5.74, 6) is -3.91. The third kappa shape index (κ3) is 5.77. The van der Waals surface area contributed by atoms with Gasteiger partial charge in [-0.25, -0.2) is 8.78 Å². The van der Waals surface area contributed by atoms with Crippen molar-refractivity contribution in [3.8, 4) is 17.5 Å². The lowest BCUT2D eigenvalue weighted by atomic mass is 9.93. The molecule has 1 aromatic carbocycles. The molecule has 200 valence electrons. The number of benzene rings is 1. The van der Waals surface area contributed by atoms with Crippen LogP contribution < -0.4 is 15.0 Å². The Kier molecular flexibility index (Phi) is 8.07. The van der Waals surface area contributed by atoms with Gasteiger partial charge in [-0.15, -0.1) is 0 Å². The summed E-state index contributed by atoms with van der Waals surface area (Å²) in [6, 6.07) is 6.97. The third-order valence-corrected chi connectivity index (χ3v) is 7.07. The average Bonchev–Trinajstić information content (AvgIpc) is 3.03. The molecule has 0 spiro atoms. The van der Waals surface area contributed by atoms with Gasteiger partial charge in [0.25, 0.3) is 0 Å². The fourth-order valence-electron chi connectivity index (χ4n) is 4.60. The van der Waals surface area contributed by atoms with Crippen LogP contribution >= 0.6 is 0 Å². The van der Waals surface area contributed by atoms with Crippen molar-refractivity contribution < 1.29 is 32.5 Å². The van der Waals surface area contributed by atoms with Gasteiger partial charge in [-0.05, 0) is 51.3 Å². The van der Waals surface area contributed by atoms with E-state index >= 15 is 0 Å². The van der Waals surface area contributed by atoms with Gasteiger partial charge in [0.15, 0.2) is 12.5 Å². The van der Waals surface area contributed by atoms with E-state index in [0.717, 1.165) is 38.9 Å². The minimum atomic E-state index is -4.21. The van der Waals surface area contributed by atoms with Crippen molar-refractivity contribution in [3.63, 3.8) is 0 Å². The topological polar surface area (TPSA) is 73.1 Å². The Bertz CT molecular complexity index is 1020. The molecule has 0 bridgehead atoms. The Hall–Kier alpha value is -2.82. The molecule has 1 aliphatic heterocycles. The highest BCUT2D eigenvalue weighted by atomic mass is 19.3. The van der Waals surface area contributed by atoms with E-state index in [0.29, 0.717) is 42.6 Å². The van der Waals surface area contributed by atoms with Gasteiger partial charge in [-0.3, -0.25) is 9.47 Å². The highest BCUT2D eigenvalue weighted by Crippen LogP contribution is 2.40. The summed E-state index contributed by atoms with van der Waals surface area (Å²) < 4.78 is 58.2. The standard InChI is InChI=1S/C25H34F4N4O3/c1-17-21(30-18-6-4-7-18)23(35)33(22(17)34)11-5-10-31-12-14-32(15-13-31)19-8-2-3-9-20(19)36-16-25(28,29)24(26)27/h2-3,8-9,18,24,30,34-35H,4-7,10-16H2,1H3. The van der Waals surface area contributed by atoms with Crippen molar-refractivity contribution in [1.29, 1.82) is 0 Å². The van der Waals surface area contributed by atoms with E-state index in [2.05, 4.69) is 10.2 Å². The van der Waals surface area contributed by atoms with E-state index < -0.39 is 19.0 Å². The number of aromatic nitrogens is 1. The second kappa shape index (κ2) is 11.1. The number of para-hydroxylation sites is 2. The van der Waals surface area contributed by atoms with Gasteiger partial charge in [-0.2, -0.15) is 8.78 Å². The van der Waals surface area contributed by atoms with Crippen LogP contribution in [-0.2, 0) is 6.54 Å². The van der Waals surface area contributed by atoms with Crippen LogP contribution in [0.1, 0.15) is 31.2 Å². The van der Waals surface area contributed by atoms with Gasteiger partial charge in [-0.1, -0.05) is 12.1 Å². The first-order valence-corrected chi connectivity index (χ1v) is 12.4. The molecule has 2 heterocycles. The van der Waals surface area contributed by atoms with E-state index in [4.69, 9.17) is 4.74 Å². The second-order valence-electron chi connectivity index (χ2n) is 9.57. The maximum Gasteiger partial charge on any atom is 0.340 e. The van der Waals surface area contributed by atoms with Gasteiger partial charge >= 0.3 is 12.3 Å². The smallest absolute Gasteiger partial charge is 0.340 e. The van der Waals surface area contributed by atoms with Crippen molar-refractivity contribution in [1.82, 2.24) is 9.47 Å². The largest absolute Gasteiger partial charge is 0.494 e. The molecule has 1 saturated heterocycles. The predicted octanol–water partition coefficient (Wildman–Crippen LogP) is 4.66. The summed E-state index contributed by atoms with van der Waals surface area (Å²) >= 11 is 0. The number of nitrogens with zero attached hydrogens (tertiary/aromatic N) is 3. The van der Waals surface area contributed by atoms with Crippen molar-refractivity contribution in [2.75, 3.05) is 49.5 Å². The SMILES string of the molecule is Cc1c(NC2CCC2)c(O)n(CCCN2CCN(c3ccccc3OCC(F)(F)C(F)F)CC2)c1O. The van der Waals surface area contributed by atoms with E-state index in [-0.39, 0.29) is 17.5 Å². The van der Waals surface area contributed by atoms with Crippen LogP contribution in [0.3, 0.4) is 0 Å². The number of ether oxygens (including phenoxy) is 1.